The van der Waals surface area contributed by atoms with Gasteiger partial charge in [-0.1, -0.05) is 12.1 Å². The quantitative estimate of drug-likeness (QED) is 0.751. The van der Waals surface area contributed by atoms with Gasteiger partial charge in [0, 0.05) is 30.6 Å². The lowest BCUT2D eigenvalue weighted by Crippen LogP contribution is -2.26. The van der Waals surface area contributed by atoms with Gasteiger partial charge in [-0.3, -0.25) is 14.4 Å². The van der Waals surface area contributed by atoms with E-state index in [1.807, 2.05) is 0 Å². The highest BCUT2D eigenvalue weighted by Crippen LogP contribution is 2.24. The van der Waals surface area contributed by atoms with Crippen LogP contribution in [0.5, 0.6) is 0 Å². The van der Waals surface area contributed by atoms with Gasteiger partial charge in [0.1, 0.15) is 5.82 Å². The van der Waals surface area contributed by atoms with E-state index in [9.17, 15) is 18.8 Å². The molecule has 6 heteroatoms. The smallest absolute Gasteiger partial charge is 0.228 e. The topological polar surface area (TPSA) is 75.3 Å². The molecule has 0 spiro atoms. The number of amides is 2. The fourth-order valence-electron chi connectivity index (χ4n) is 2.86. The maximum Gasteiger partial charge on any atom is 0.228 e. The first-order valence-corrected chi connectivity index (χ1v) is 8.48. The van der Waals surface area contributed by atoms with Gasteiger partial charge in [-0.05, 0) is 47.9 Å². The van der Waals surface area contributed by atoms with Gasteiger partial charge in [-0.2, -0.15) is 0 Å². The van der Waals surface area contributed by atoms with Gasteiger partial charge in [0.25, 0.3) is 0 Å². The number of ketones is 1. The summed E-state index contributed by atoms with van der Waals surface area (Å²) in [5.41, 5.74) is 3.00. The predicted molar refractivity (Wildman–Crippen MR) is 95.5 cm³/mol. The fraction of sp³-hybridized carbons (Fsp3) is 0.250. The van der Waals surface area contributed by atoms with Gasteiger partial charge in [-0.25, -0.2) is 4.39 Å². The van der Waals surface area contributed by atoms with Crippen molar-refractivity contribution in [3.63, 3.8) is 0 Å². The minimum atomic E-state index is -0.289. The standard InChI is InChI=1S/C20H19FN2O3/c21-16-4-1-13(2-5-16)9-10-22-19(25)8-7-18(24)14-3-6-17-15(11-14)12-20(26)23-17/h1-6,11H,7-10,12H2,(H,22,25)(H,23,26). The summed E-state index contributed by atoms with van der Waals surface area (Å²) < 4.78 is 12.8. The SMILES string of the molecule is O=C(CCC(=O)c1ccc2c(c1)CC(=O)N2)NCCc1ccc(F)cc1. The van der Waals surface area contributed by atoms with Crippen molar-refractivity contribution in [2.75, 3.05) is 11.9 Å². The van der Waals surface area contributed by atoms with E-state index in [1.165, 1.54) is 12.1 Å². The second-order valence-corrected chi connectivity index (χ2v) is 6.25. The summed E-state index contributed by atoms with van der Waals surface area (Å²) in [5.74, 6) is -0.688. The molecule has 2 amide bonds. The minimum absolute atomic E-state index is 0.0786. The Labute approximate surface area is 150 Å². The van der Waals surface area contributed by atoms with Crippen LogP contribution < -0.4 is 10.6 Å². The van der Waals surface area contributed by atoms with Crippen LogP contribution in [-0.2, 0) is 22.4 Å². The van der Waals surface area contributed by atoms with Crippen LogP contribution in [0.2, 0.25) is 0 Å². The van der Waals surface area contributed by atoms with Crippen molar-refractivity contribution in [1.29, 1.82) is 0 Å². The van der Waals surface area contributed by atoms with E-state index in [2.05, 4.69) is 10.6 Å². The second kappa shape index (κ2) is 7.91. The number of Topliss-reactive ketones (excluding diaryl/α,β-unsaturated/α-hetero) is 1. The van der Waals surface area contributed by atoms with Gasteiger partial charge in [-0.15, -0.1) is 0 Å². The Morgan fingerprint density at radius 2 is 1.85 bits per heavy atom. The van der Waals surface area contributed by atoms with Crippen molar-refractivity contribution >= 4 is 23.3 Å². The number of benzene rings is 2. The number of nitrogens with one attached hydrogen (secondary N) is 2. The summed E-state index contributed by atoms with van der Waals surface area (Å²) >= 11 is 0. The van der Waals surface area contributed by atoms with Crippen molar-refractivity contribution in [1.82, 2.24) is 5.32 Å². The summed E-state index contributed by atoms with van der Waals surface area (Å²) in [6, 6.07) is 11.2. The molecule has 2 aromatic carbocycles. The summed E-state index contributed by atoms with van der Waals surface area (Å²) in [7, 11) is 0. The van der Waals surface area contributed by atoms with Crippen molar-refractivity contribution in [2.24, 2.45) is 0 Å². The maximum absolute atomic E-state index is 12.8. The molecule has 0 aliphatic carbocycles. The number of carbonyl (C=O) groups excluding carboxylic acids is 3. The number of rotatable bonds is 7. The van der Waals surface area contributed by atoms with Crippen LogP contribution in [0.15, 0.2) is 42.5 Å². The maximum atomic E-state index is 12.8. The molecule has 0 fully saturated rings. The summed E-state index contributed by atoms with van der Waals surface area (Å²) in [6.07, 6.45) is 1.10. The molecule has 0 bridgehead atoms. The Kier molecular flexibility index (Phi) is 5.41. The summed E-state index contributed by atoms with van der Waals surface area (Å²) in [6.45, 7) is 0.436. The van der Waals surface area contributed by atoms with E-state index in [4.69, 9.17) is 0 Å². The molecule has 1 heterocycles. The Balaban J connectivity index is 1.43. The molecule has 1 aliphatic rings. The van der Waals surface area contributed by atoms with E-state index < -0.39 is 0 Å². The first-order valence-electron chi connectivity index (χ1n) is 8.48. The summed E-state index contributed by atoms with van der Waals surface area (Å²) in [5, 5.41) is 5.48. The highest BCUT2D eigenvalue weighted by molar-refractivity contribution is 6.02. The van der Waals surface area contributed by atoms with E-state index in [0.29, 0.717) is 18.5 Å². The average Bonchev–Trinajstić information content (AvgIpc) is 3.00. The number of hydrogen-bond donors (Lipinski definition) is 2. The molecule has 0 unspecified atom stereocenters. The predicted octanol–water partition coefficient (Wildman–Crippen LogP) is 2.64. The van der Waals surface area contributed by atoms with Crippen LogP contribution in [0.25, 0.3) is 0 Å². The zero-order chi connectivity index (χ0) is 18.5. The van der Waals surface area contributed by atoms with Gasteiger partial charge in [0.05, 0.1) is 6.42 Å². The Bertz CT molecular complexity index is 847. The van der Waals surface area contributed by atoms with Crippen molar-refractivity contribution in [2.45, 2.75) is 25.7 Å². The molecule has 1 aliphatic heterocycles. The molecule has 2 N–H and O–H groups in total. The Morgan fingerprint density at radius 3 is 2.62 bits per heavy atom. The molecule has 0 aromatic heterocycles. The van der Waals surface area contributed by atoms with E-state index >= 15 is 0 Å². The van der Waals surface area contributed by atoms with Crippen LogP contribution >= 0.6 is 0 Å². The number of carbonyl (C=O) groups is 3. The molecule has 26 heavy (non-hydrogen) atoms. The van der Waals surface area contributed by atoms with Crippen LogP contribution in [0.4, 0.5) is 10.1 Å². The average molecular weight is 354 g/mol. The van der Waals surface area contributed by atoms with E-state index in [0.717, 1.165) is 16.8 Å². The van der Waals surface area contributed by atoms with Crippen molar-refractivity contribution < 1.29 is 18.8 Å². The minimum Gasteiger partial charge on any atom is -0.356 e. The number of hydrogen-bond acceptors (Lipinski definition) is 3. The number of anilines is 1. The van der Waals surface area contributed by atoms with Crippen LogP contribution in [0.1, 0.15) is 34.3 Å². The lowest BCUT2D eigenvalue weighted by molar-refractivity contribution is -0.121. The third kappa shape index (κ3) is 4.53. The molecule has 134 valence electrons. The first kappa shape index (κ1) is 17.8. The molecule has 0 saturated carbocycles. The zero-order valence-electron chi connectivity index (χ0n) is 14.2. The third-order valence-electron chi connectivity index (χ3n) is 4.28. The second-order valence-electron chi connectivity index (χ2n) is 6.25. The first-order chi connectivity index (χ1) is 12.5. The molecule has 0 saturated heterocycles. The highest BCUT2D eigenvalue weighted by atomic mass is 19.1. The number of halogens is 1. The van der Waals surface area contributed by atoms with Gasteiger partial charge < -0.3 is 10.6 Å². The molecule has 0 radical (unpaired) electrons. The Hall–Kier alpha value is -3.02. The van der Waals surface area contributed by atoms with Crippen molar-refractivity contribution in [3.8, 4) is 0 Å². The Morgan fingerprint density at radius 1 is 1.08 bits per heavy atom. The molecule has 3 rings (SSSR count). The molecule has 5 nitrogen and oxygen atoms in total. The largest absolute Gasteiger partial charge is 0.356 e. The van der Waals surface area contributed by atoms with Crippen molar-refractivity contribution in [3.05, 3.63) is 65.0 Å². The highest BCUT2D eigenvalue weighted by Gasteiger charge is 2.19. The van der Waals surface area contributed by atoms with Gasteiger partial charge in [0.15, 0.2) is 5.78 Å². The van der Waals surface area contributed by atoms with Gasteiger partial charge in [0.2, 0.25) is 11.8 Å². The van der Waals surface area contributed by atoms with Crippen LogP contribution in [0.3, 0.4) is 0 Å². The zero-order valence-corrected chi connectivity index (χ0v) is 14.2. The molecular weight excluding hydrogens is 335 g/mol. The molecule has 0 atom stereocenters. The molecule has 2 aromatic rings. The normalized spacial score (nSPS) is 12.4. The lowest BCUT2D eigenvalue weighted by atomic mass is 10.0. The van der Waals surface area contributed by atoms with E-state index in [-0.39, 0.29) is 42.7 Å². The lowest BCUT2D eigenvalue weighted by Gasteiger charge is -2.06. The summed E-state index contributed by atoms with van der Waals surface area (Å²) in [4.78, 5) is 35.5. The van der Waals surface area contributed by atoms with E-state index in [1.54, 1.807) is 30.3 Å². The fourth-order valence-corrected chi connectivity index (χ4v) is 2.86. The third-order valence-corrected chi connectivity index (χ3v) is 4.28. The monoisotopic (exact) mass is 354 g/mol. The van der Waals surface area contributed by atoms with Crippen LogP contribution in [0, 0.1) is 5.82 Å². The van der Waals surface area contributed by atoms with Gasteiger partial charge >= 0.3 is 0 Å². The van der Waals surface area contributed by atoms with Crippen LogP contribution in [-0.4, -0.2) is 24.1 Å². The molecular formula is C20H19FN2O3. The number of fused-ring (bicyclic) bond motifs is 1.